The standard InChI is InChI=1S/C13H19NO5S2/c1-9-7-10(20-11(9)12(16)17)21(18,19)14-13(8-15)5-3-2-4-6-13/h7,14-15H,2-6,8H2,1H3,(H,16,17). The minimum atomic E-state index is -3.82. The summed E-state index contributed by atoms with van der Waals surface area (Å²) in [4.78, 5) is 11.1. The number of rotatable bonds is 5. The predicted molar refractivity (Wildman–Crippen MR) is 79.2 cm³/mol. The molecule has 0 bridgehead atoms. The van der Waals surface area contributed by atoms with E-state index in [1.807, 2.05) is 0 Å². The number of aliphatic hydroxyl groups is 1. The monoisotopic (exact) mass is 333 g/mol. The largest absolute Gasteiger partial charge is 0.477 e. The van der Waals surface area contributed by atoms with Gasteiger partial charge in [-0.1, -0.05) is 19.3 Å². The molecule has 1 aromatic heterocycles. The van der Waals surface area contributed by atoms with Gasteiger partial charge in [-0.15, -0.1) is 11.3 Å². The van der Waals surface area contributed by atoms with Gasteiger partial charge in [0.15, 0.2) is 0 Å². The number of nitrogens with one attached hydrogen (secondary N) is 1. The Labute approximate surface area is 127 Å². The van der Waals surface area contributed by atoms with Crippen molar-refractivity contribution in [3.63, 3.8) is 0 Å². The van der Waals surface area contributed by atoms with Crippen LogP contribution in [0.25, 0.3) is 0 Å². The lowest BCUT2D eigenvalue weighted by Gasteiger charge is -2.35. The highest BCUT2D eigenvalue weighted by Gasteiger charge is 2.36. The van der Waals surface area contributed by atoms with Gasteiger partial charge in [-0.05, 0) is 31.4 Å². The molecule has 0 atom stereocenters. The molecule has 2 rings (SSSR count). The Morgan fingerprint density at radius 2 is 2.00 bits per heavy atom. The Morgan fingerprint density at radius 1 is 1.38 bits per heavy atom. The van der Waals surface area contributed by atoms with E-state index in [1.165, 1.54) is 6.07 Å². The Bertz CT molecular complexity index is 629. The van der Waals surface area contributed by atoms with E-state index in [0.29, 0.717) is 18.4 Å². The normalized spacial score (nSPS) is 18.6. The Balaban J connectivity index is 2.29. The molecule has 1 heterocycles. The molecule has 0 amide bonds. The van der Waals surface area contributed by atoms with Crippen molar-refractivity contribution >= 4 is 27.3 Å². The molecule has 0 aromatic carbocycles. The van der Waals surface area contributed by atoms with E-state index >= 15 is 0 Å². The first-order valence-corrected chi connectivity index (χ1v) is 9.08. The number of carboxylic acid groups (broad SMARTS) is 1. The van der Waals surface area contributed by atoms with Gasteiger partial charge in [0.05, 0.1) is 12.1 Å². The number of carbonyl (C=O) groups is 1. The second-order valence-corrected chi connectivity index (χ2v) is 8.45. The van der Waals surface area contributed by atoms with Crippen molar-refractivity contribution in [1.82, 2.24) is 4.72 Å². The lowest BCUT2D eigenvalue weighted by Crippen LogP contribution is -2.52. The summed E-state index contributed by atoms with van der Waals surface area (Å²) in [5, 5.41) is 18.6. The van der Waals surface area contributed by atoms with Gasteiger partial charge in [-0.25, -0.2) is 17.9 Å². The van der Waals surface area contributed by atoms with E-state index in [2.05, 4.69) is 4.72 Å². The van der Waals surface area contributed by atoms with Crippen LogP contribution in [0.5, 0.6) is 0 Å². The van der Waals surface area contributed by atoms with Crippen LogP contribution in [0.2, 0.25) is 0 Å². The van der Waals surface area contributed by atoms with Crippen LogP contribution in [0.3, 0.4) is 0 Å². The van der Waals surface area contributed by atoms with Gasteiger partial charge in [0, 0.05) is 0 Å². The second kappa shape index (κ2) is 6.04. The van der Waals surface area contributed by atoms with E-state index in [-0.39, 0.29) is 15.7 Å². The van der Waals surface area contributed by atoms with E-state index in [4.69, 9.17) is 5.11 Å². The summed E-state index contributed by atoms with van der Waals surface area (Å²) >= 11 is 0.741. The lowest BCUT2D eigenvalue weighted by molar-refractivity contribution is 0.0701. The summed E-state index contributed by atoms with van der Waals surface area (Å²) in [6.45, 7) is 1.32. The maximum Gasteiger partial charge on any atom is 0.346 e. The third kappa shape index (κ3) is 3.45. The first-order valence-electron chi connectivity index (χ1n) is 6.78. The molecule has 1 saturated carbocycles. The van der Waals surface area contributed by atoms with Crippen molar-refractivity contribution in [2.45, 2.75) is 48.8 Å². The van der Waals surface area contributed by atoms with E-state index in [0.717, 1.165) is 30.6 Å². The third-order valence-electron chi connectivity index (χ3n) is 3.82. The van der Waals surface area contributed by atoms with Crippen LogP contribution in [0.15, 0.2) is 10.3 Å². The zero-order valence-electron chi connectivity index (χ0n) is 11.8. The molecule has 118 valence electrons. The van der Waals surface area contributed by atoms with Gasteiger partial charge >= 0.3 is 5.97 Å². The smallest absolute Gasteiger partial charge is 0.346 e. The van der Waals surface area contributed by atoms with Crippen LogP contribution in [0.4, 0.5) is 0 Å². The Morgan fingerprint density at radius 3 is 2.48 bits per heavy atom. The summed E-state index contributed by atoms with van der Waals surface area (Å²) < 4.78 is 27.5. The fourth-order valence-electron chi connectivity index (χ4n) is 2.65. The average molecular weight is 333 g/mol. The minimum absolute atomic E-state index is 0.0178. The second-order valence-electron chi connectivity index (χ2n) is 5.49. The molecule has 6 nitrogen and oxygen atoms in total. The third-order valence-corrected chi connectivity index (χ3v) is 7.10. The van der Waals surface area contributed by atoms with Gasteiger partial charge in [0.1, 0.15) is 9.09 Å². The van der Waals surface area contributed by atoms with Gasteiger partial charge in [0.25, 0.3) is 10.0 Å². The maximum atomic E-state index is 12.4. The van der Waals surface area contributed by atoms with E-state index < -0.39 is 21.5 Å². The van der Waals surface area contributed by atoms with E-state index in [9.17, 15) is 18.3 Å². The van der Waals surface area contributed by atoms with Crippen LogP contribution in [0.1, 0.15) is 47.3 Å². The highest BCUT2D eigenvalue weighted by molar-refractivity contribution is 7.91. The molecule has 8 heteroatoms. The topological polar surface area (TPSA) is 104 Å². The number of sulfonamides is 1. The molecule has 1 fully saturated rings. The van der Waals surface area contributed by atoms with Crippen molar-refractivity contribution in [2.75, 3.05) is 6.61 Å². The predicted octanol–water partition coefficient (Wildman–Crippen LogP) is 1.73. The highest BCUT2D eigenvalue weighted by atomic mass is 32.2. The highest BCUT2D eigenvalue weighted by Crippen LogP contribution is 2.32. The van der Waals surface area contributed by atoms with Crippen molar-refractivity contribution < 1.29 is 23.4 Å². The molecule has 1 aliphatic rings. The van der Waals surface area contributed by atoms with Gasteiger partial charge in [-0.2, -0.15) is 0 Å². The fourth-order valence-corrected chi connectivity index (χ4v) is 5.48. The number of hydrogen-bond acceptors (Lipinski definition) is 5. The number of thiophene rings is 1. The van der Waals surface area contributed by atoms with Crippen LogP contribution >= 0.6 is 11.3 Å². The summed E-state index contributed by atoms with van der Waals surface area (Å²) in [5.74, 6) is -1.13. The van der Waals surface area contributed by atoms with Crippen LogP contribution in [0, 0.1) is 6.92 Å². The van der Waals surface area contributed by atoms with Crippen molar-refractivity contribution in [3.05, 3.63) is 16.5 Å². The summed E-state index contributed by atoms with van der Waals surface area (Å²) in [6, 6.07) is 1.37. The van der Waals surface area contributed by atoms with Gasteiger partial charge in [0.2, 0.25) is 0 Å². The summed E-state index contributed by atoms with van der Waals surface area (Å²) in [6.07, 6.45) is 3.96. The van der Waals surface area contributed by atoms with E-state index in [1.54, 1.807) is 6.92 Å². The summed E-state index contributed by atoms with van der Waals surface area (Å²) in [7, 11) is -3.82. The molecular weight excluding hydrogens is 314 g/mol. The SMILES string of the molecule is Cc1cc(S(=O)(=O)NC2(CO)CCCCC2)sc1C(=O)O. The average Bonchev–Trinajstić information content (AvgIpc) is 2.82. The fraction of sp³-hybridized carbons (Fsp3) is 0.615. The first-order chi connectivity index (χ1) is 9.80. The van der Waals surface area contributed by atoms with Crippen molar-refractivity contribution in [3.8, 4) is 0 Å². The molecule has 0 saturated heterocycles. The zero-order chi connectivity index (χ0) is 15.7. The number of aryl methyl sites for hydroxylation is 1. The molecule has 0 unspecified atom stereocenters. The molecule has 0 spiro atoms. The first kappa shape index (κ1) is 16.4. The molecule has 1 aliphatic carbocycles. The van der Waals surface area contributed by atoms with Crippen molar-refractivity contribution in [2.24, 2.45) is 0 Å². The van der Waals surface area contributed by atoms with Crippen LogP contribution in [-0.2, 0) is 10.0 Å². The Hall–Kier alpha value is -0.960. The van der Waals surface area contributed by atoms with Crippen molar-refractivity contribution in [1.29, 1.82) is 0 Å². The molecule has 21 heavy (non-hydrogen) atoms. The summed E-state index contributed by atoms with van der Waals surface area (Å²) in [5.41, 5.74) is -0.396. The number of aromatic carboxylic acids is 1. The zero-order valence-corrected chi connectivity index (χ0v) is 13.4. The van der Waals surface area contributed by atoms with Gasteiger partial charge in [-0.3, -0.25) is 0 Å². The number of carboxylic acids is 1. The molecule has 1 aromatic rings. The molecule has 0 radical (unpaired) electrons. The number of aliphatic hydroxyl groups excluding tert-OH is 1. The maximum absolute atomic E-state index is 12.4. The van der Waals surface area contributed by atoms with Crippen LogP contribution < -0.4 is 4.72 Å². The Kier molecular flexibility index (Phi) is 4.72. The minimum Gasteiger partial charge on any atom is -0.477 e. The quantitative estimate of drug-likeness (QED) is 0.761. The molecular formula is C13H19NO5S2. The molecule has 3 N–H and O–H groups in total. The van der Waals surface area contributed by atoms with Gasteiger partial charge < -0.3 is 10.2 Å². The lowest BCUT2D eigenvalue weighted by atomic mass is 9.83. The number of hydrogen-bond donors (Lipinski definition) is 3. The van der Waals surface area contributed by atoms with Crippen LogP contribution in [-0.4, -0.2) is 36.7 Å². The molecule has 0 aliphatic heterocycles.